The summed E-state index contributed by atoms with van der Waals surface area (Å²) in [5.74, 6) is 1.52. The van der Waals surface area contributed by atoms with Gasteiger partial charge in [0.1, 0.15) is 5.82 Å². The van der Waals surface area contributed by atoms with Gasteiger partial charge in [-0.3, -0.25) is 4.79 Å². The van der Waals surface area contributed by atoms with Crippen molar-refractivity contribution in [1.82, 2.24) is 29.5 Å². The molecule has 0 aliphatic carbocycles. The fourth-order valence-electron chi connectivity index (χ4n) is 4.22. The van der Waals surface area contributed by atoms with Crippen LogP contribution >= 0.6 is 0 Å². The van der Waals surface area contributed by atoms with Gasteiger partial charge in [-0.1, -0.05) is 26.3 Å². The zero-order valence-electron chi connectivity index (χ0n) is 20.3. The fraction of sp³-hybridized carbons (Fsp3) is 0.542. The lowest BCUT2D eigenvalue weighted by Crippen LogP contribution is -2.49. The second kappa shape index (κ2) is 10.7. The molecule has 0 spiro atoms. The van der Waals surface area contributed by atoms with Crippen molar-refractivity contribution in [2.75, 3.05) is 43.4 Å². The summed E-state index contributed by atoms with van der Waals surface area (Å²) in [7, 11) is 0. The lowest BCUT2D eigenvalue weighted by molar-refractivity contribution is -0.131. The number of hydrogen-bond acceptors (Lipinski definition) is 8. The Kier molecular flexibility index (Phi) is 7.44. The molecule has 10 nitrogen and oxygen atoms in total. The number of hydrogen-bond donors (Lipinski definition) is 1. The maximum atomic E-state index is 12.2. The highest BCUT2D eigenvalue weighted by molar-refractivity contribution is 5.76. The number of imidazole rings is 1. The van der Waals surface area contributed by atoms with Crippen molar-refractivity contribution in [3.05, 3.63) is 35.3 Å². The van der Waals surface area contributed by atoms with Gasteiger partial charge in [0.2, 0.25) is 5.91 Å². The quantitative estimate of drug-likeness (QED) is 0.479. The van der Waals surface area contributed by atoms with Crippen LogP contribution in [0.2, 0.25) is 0 Å². The second-order valence-corrected chi connectivity index (χ2v) is 8.75. The molecule has 3 aromatic rings. The van der Waals surface area contributed by atoms with Crippen LogP contribution in [-0.4, -0.2) is 68.2 Å². The number of aryl methyl sites for hydroxylation is 1. The van der Waals surface area contributed by atoms with Crippen molar-refractivity contribution in [3.63, 3.8) is 0 Å². The molecule has 1 aliphatic heterocycles. The summed E-state index contributed by atoms with van der Waals surface area (Å²) in [4.78, 5) is 29.8. The first-order valence-corrected chi connectivity index (χ1v) is 12.1. The van der Waals surface area contributed by atoms with E-state index in [-0.39, 0.29) is 11.9 Å². The summed E-state index contributed by atoms with van der Waals surface area (Å²) in [6.07, 6.45) is 7.76. The van der Waals surface area contributed by atoms with Crippen molar-refractivity contribution in [3.8, 4) is 6.01 Å². The van der Waals surface area contributed by atoms with Crippen LogP contribution in [0.15, 0.2) is 18.5 Å². The fourth-order valence-corrected chi connectivity index (χ4v) is 4.22. The number of fused-ring (bicyclic) bond motifs is 1. The minimum atomic E-state index is 0.249. The molecule has 0 bridgehead atoms. The number of piperazine rings is 1. The molecule has 1 amide bonds. The summed E-state index contributed by atoms with van der Waals surface area (Å²) in [6, 6.07) is 2.42. The van der Waals surface area contributed by atoms with E-state index in [9.17, 15) is 4.79 Å². The predicted octanol–water partition coefficient (Wildman–Crippen LogP) is 2.63. The molecule has 10 heteroatoms. The van der Waals surface area contributed by atoms with E-state index in [0.29, 0.717) is 30.9 Å². The highest BCUT2D eigenvalue weighted by Gasteiger charge is 2.22. The van der Waals surface area contributed by atoms with E-state index < -0.39 is 0 Å². The number of nitrogens with zero attached hydrogens (tertiary/aromatic N) is 7. The summed E-state index contributed by atoms with van der Waals surface area (Å²) >= 11 is 0. The van der Waals surface area contributed by atoms with Crippen LogP contribution in [0, 0.1) is 6.92 Å². The molecule has 1 fully saturated rings. The number of nitrogens with two attached hydrogens (primary N) is 1. The van der Waals surface area contributed by atoms with E-state index in [2.05, 4.69) is 39.9 Å². The standard InChI is InChI=1S/C24H34N8O2/c1-4-6-12-34-24-28-21(25)23-27-16-19(32(23)29-24)14-18-13-17(3)22(26-15-18)31-10-8-30(9-11-31)20(33)7-5-2/h13,15-16H,4-12,14H2,1-3H3,(H2,25,28,29). The first-order valence-electron chi connectivity index (χ1n) is 12.1. The second-order valence-electron chi connectivity index (χ2n) is 8.75. The molecule has 4 rings (SSSR count). The molecule has 34 heavy (non-hydrogen) atoms. The number of amides is 1. The molecule has 2 N–H and O–H groups in total. The monoisotopic (exact) mass is 466 g/mol. The number of carbonyl (C=O) groups excluding carboxylic acids is 1. The molecule has 3 aromatic heterocycles. The molecule has 1 saturated heterocycles. The van der Waals surface area contributed by atoms with E-state index in [1.165, 1.54) is 0 Å². The van der Waals surface area contributed by atoms with E-state index >= 15 is 0 Å². The molecular weight excluding hydrogens is 432 g/mol. The Morgan fingerprint density at radius 3 is 2.62 bits per heavy atom. The Morgan fingerprint density at radius 1 is 1.12 bits per heavy atom. The average molecular weight is 467 g/mol. The Hall–Kier alpha value is -3.43. The van der Waals surface area contributed by atoms with Crippen LogP contribution in [-0.2, 0) is 11.2 Å². The summed E-state index contributed by atoms with van der Waals surface area (Å²) in [5.41, 5.74) is 9.67. The van der Waals surface area contributed by atoms with Crippen molar-refractivity contribution in [1.29, 1.82) is 0 Å². The number of anilines is 2. The Morgan fingerprint density at radius 2 is 1.91 bits per heavy atom. The Balaban J connectivity index is 1.46. The van der Waals surface area contributed by atoms with Crippen LogP contribution in [0.1, 0.15) is 56.4 Å². The third kappa shape index (κ3) is 5.21. The lowest BCUT2D eigenvalue weighted by atomic mass is 10.1. The van der Waals surface area contributed by atoms with Gasteiger partial charge in [0.05, 0.1) is 18.5 Å². The van der Waals surface area contributed by atoms with Gasteiger partial charge >= 0.3 is 6.01 Å². The maximum absolute atomic E-state index is 12.2. The highest BCUT2D eigenvalue weighted by Crippen LogP contribution is 2.22. The minimum absolute atomic E-state index is 0.249. The topological polar surface area (TPSA) is 115 Å². The number of aromatic nitrogens is 5. The normalized spacial score (nSPS) is 14.1. The minimum Gasteiger partial charge on any atom is -0.462 e. The van der Waals surface area contributed by atoms with Crippen molar-refractivity contribution in [2.45, 2.75) is 52.9 Å². The first-order chi connectivity index (χ1) is 16.5. The highest BCUT2D eigenvalue weighted by atomic mass is 16.5. The van der Waals surface area contributed by atoms with Crippen LogP contribution in [0.5, 0.6) is 6.01 Å². The maximum Gasteiger partial charge on any atom is 0.336 e. The van der Waals surface area contributed by atoms with Gasteiger partial charge in [-0.2, -0.15) is 4.98 Å². The predicted molar refractivity (Wildman–Crippen MR) is 131 cm³/mol. The Bertz CT molecular complexity index is 1140. The van der Waals surface area contributed by atoms with Crippen molar-refractivity contribution < 1.29 is 9.53 Å². The van der Waals surface area contributed by atoms with Crippen LogP contribution in [0.4, 0.5) is 11.6 Å². The molecule has 0 radical (unpaired) electrons. The molecule has 0 unspecified atom stereocenters. The zero-order valence-corrected chi connectivity index (χ0v) is 20.3. The summed E-state index contributed by atoms with van der Waals surface area (Å²) < 4.78 is 7.36. The lowest BCUT2D eigenvalue weighted by Gasteiger charge is -2.36. The molecule has 4 heterocycles. The SMILES string of the molecule is CCCCOc1nc(N)c2ncc(Cc3cnc(N4CCN(C(=O)CCC)CC4)c(C)c3)n2n1. The third-order valence-electron chi connectivity index (χ3n) is 6.06. The number of rotatable bonds is 9. The van der Waals surface area contributed by atoms with Crippen LogP contribution < -0.4 is 15.4 Å². The number of unbranched alkanes of at least 4 members (excludes halogenated alkanes) is 1. The van der Waals surface area contributed by atoms with Gasteiger partial charge in [0, 0.05) is 45.2 Å². The summed E-state index contributed by atoms with van der Waals surface area (Å²) in [6.45, 7) is 9.86. The smallest absolute Gasteiger partial charge is 0.336 e. The number of nitrogen functional groups attached to an aromatic ring is 1. The molecule has 0 atom stereocenters. The van der Waals surface area contributed by atoms with Crippen LogP contribution in [0.25, 0.3) is 5.65 Å². The van der Waals surface area contributed by atoms with Gasteiger partial charge < -0.3 is 20.3 Å². The molecule has 0 aromatic carbocycles. The average Bonchev–Trinajstić information content (AvgIpc) is 3.23. The van der Waals surface area contributed by atoms with Crippen molar-refractivity contribution in [2.24, 2.45) is 0 Å². The van der Waals surface area contributed by atoms with Gasteiger partial charge in [0.25, 0.3) is 0 Å². The first kappa shape index (κ1) is 23.7. The molecular formula is C24H34N8O2. The largest absolute Gasteiger partial charge is 0.462 e. The molecule has 0 saturated carbocycles. The third-order valence-corrected chi connectivity index (χ3v) is 6.06. The van der Waals surface area contributed by atoms with Gasteiger partial charge in [0.15, 0.2) is 11.5 Å². The van der Waals surface area contributed by atoms with E-state index in [1.807, 2.05) is 18.0 Å². The number of carbonyl (C=O) groups is 1. The van der Waals surface area contributed by atoms with Crippen LogP contribution in [0.3, 0.4) is 0 Å². The van der Waals surface area contributed by atoms with Gasteiger partial charge in [-0.25, -0.2) is 14.5 Å². The van der Waals surface area contributed by atoms with Crippen molar-refractivity contribution >= 4 is 23.2 Å². The molecule has 1 aliphatic rings. The summed E-state index contributed by atoms with van der Waals surface area (Å²) in [5, 5.41) is 4.49. The van der Waals surface area contributed by atoms with E-state index in [1.54, 1.807) is 10.7 Å². The number of ether oxygens (including phenoxy) is 1. The van der Waals surface area contributed by atoms with E-state index in [4.69, 9.17) is 15.5 Å². The zero-order chi connectivity index (χ0) is 24.1. The van der Waals surface area contributed by atoms with E-state index in [0.717, 1.165) is 68.1 Å². The Labute approximate surface area is 200 Å². The number of pyridine rings is 1. The molecule has 182 valence electrons. The van der Waals surface area contributed by atoms with Gasteiger partial charge in [-0.15, -0.1) is 5.10 Å². The van der Waals surface area contributed by atoms with Gasteiger partial charge in [-0.05, 0) is 30.9 Å².